The Hall–Kier alpha value is -1.02. The second-order valence-corrected chi connectivity index (χ2v) is 10.8. The summed E-state index contributed by atoms with van der Waals surface area (Å²) in [5, 5.41) is 0.966. The SMILES string of the molecule is CC(C)(C)S(=O)(=O)NC1CCC(C(=O)NNc2cc(Cl)ccc2Cl)CC1. The van der Waals surface area contributed by atoms with Gasteiger partial charge in [0.15, 0.2) is 0 Å². The molecule has 0 saturated heterocycles. The zero-order valence-electron chi connectivity index (χ0n) is 15.1. The number of hydrogen-bond donors (Lipinski definition) is 3. The van der Waals surface area contributed by atoms with Crippen LogP contribution in [0.3, 0.4) is 0 Å². The standard InChI is InChI=1S/C17H25Cl2N3O3S/c1-17(2,3)26(24,25)22-13-7-4-11(5-8-13)16(23)21-20-15-10-12(18)6-9-14(15)19/h6,9-11,13,20,22H,4-5,7-8H2,1-3H3,(H,21,23). The largest absolute Gasteiger partial charge is 0.297 e. The summed E-state index contributed by atoms with van der Waals surface area (Å²) in [6.45, 7) is 5.00. The van der Waals surface area contributed by atoms with Gasteiger partial charge in [0, 0.05) is 17.0 Å². The Balaban J connectivity index is 1.84. The van der Waals surface area contributed by atoms with Gasteiger partial charge in [0.05, 0.1) is 15.5 Å². The zero-order valence-corrected chi connectivity index (χ0v) is 17.4. The minimum absolute atomic E-state index is 0.126. The molecule has 26 heavy (non-hydrogen) atoms. The Morgan fingerprint density at radius 1 is 1.12 bits per heavy atom. The van der Waals surface area contributed by atoms with Crippen molar-refractivity contribution in [1.29, 1.82) is 0 Å². The van der Waals surface area contributed by atoms with Crippen molar-refractivity contribution in [2.75, 3.05) is 5.43 Å². The van der Waals surface area contributed by atoms with Crippen molar-refractivity contribution in [2.45, 2.75) is 57.2 Å². The maximum absolute atomic E-state index is 12.3. The summed E-state index contributed by atoms with van der Waals surface area (Å²) in [5.41, 5.74) is 5.97. The van der Waals surface area contributed by atoms with Crippen molar-refractivity contribution in [2.24, 2.45) is 5.92 Å². The van der Waals surface area contributed by atoms with E-state index in [0.717, 1.165) is 0 Å². The Kier molecular flexibility index (Phi) is 6.82. The summed E-state index contributed by atoms with van der Waals surface area (Å²) < 4.78 is 26.4. The maximum atomic E-state index is 12.3. The number of nitrogens with one attached hydrogen (secondary N) is 3. The molecule has 0 spiro atoms. The highest BCUT2D eigenvalue weighted by atomic mass is 35.5. The van der Waals surface area contributed by atoms with E-state index < -0.39 is 14.8 Å². The number of rotatable bonds is 5. The van der Waals surface area contributed by atoms with Crippen LogP contribution in [0.1, 0.15) is 46.5 Å². The summed E-state index contributed by atoms with van der Waals surface area (Å²) in [6, 6.07) is 4.81. The highest BCUT2D eigenvalue weighted by Crippen LogP contribution is 2.27. The van der Waals surface area contributed by atoms with E-state index in [1.54, 1.807) is 39.0 Å². The molecule has 9 heteroatoms. The van der Waals surface area contributed by atoms with Crippen LogP contribution in [-0.2, 0) is 14.8 Å². The predicted molar refractivity (Wildman–Crippen MR) is 106 cm³/mol. The highest BCUT2D eigenvalue weighted by molar-refractivity contribution is 7.90. The molecule has 0 aliphatic heterocycles. The minimum atomic E-state index is -3.38. The molecule has 1 amide bonds. The van der Waals surface area contributed by atoms with Gasteiger partial charge in [-0.05, 0) is 64.7 Å². The fourth-order valence-electron chi connectivity index (χ4n) is 2.69. The van der Waals surface area contributed by atoms with Crippen LogP contribution in [0.15, 0.2) is 18.2 Å². The van der Waals surface area contributed by atoms with Gasteiger partial charge in [-0.3, -0.25) is 15.6 Å². The topological polar surface area (TPSA) is 87.3 Å². The van der Waals surface area contributed by atoms with Crippen molar-refractivity contribution in [1.82, 2.24) is 10.1 Å². The molecule has 0 aromatic heterocycles. The third-order valence-corrected chi connectivity index (χ3v) is 7.30. The van der Waals surface area contributed by atoms with Gasteiger partial charge in [0.25, 0.3) is 0 Å². The summed E-state index contributed by atoms with van der Waals surface area (Å²) in [5.74, 6) is -0.311. The van der Waals surface area contributed by atoms with E-state index >= 15 is 0 Å². The molecule has 1 saturated carbocycles. The van der Waals surface area contributed by atoms with E-state index in [9.17, 15) is 13.2 Å². The number of amides is 1. The van der Waals surface area contributed by atoms with Crippen LogP contribution in [0.25, 0.3) is 0 Å². The van der Waals surface area contributed by atoms with Crippen molar-refractivity contribution >= 4 is 44.8 Å². The van der Waals surface area contributed by atoms with Gasteiger partial charge in [-0.15, -0.1) is 0 Å². The fourth-order valence-corrected chi connectivity index (χ4v) is 4.06. The van der Waals surface area contributed by atoms with Gasteiger partial charge in [0.2, 0.25) is 15.9 Å². The van der Waals surface area contributed by atoms with E-state index in [1.807, 2.05) is 0 Å². The number of sulfonamides is 1. The molecule has 1 aliphatic rings. The average molecular weight is 422 g/mol. The van der Waals surface area contributed by atoms with Gasteiger partial charge in [-0.2, -0.15) is 0 Å². The van der Waals surface area contributed by atoms with Gasteiger partial charge in [-0.1, -0.05) is 23.2 Å². The number of halogens is 2. The number of hydrogen-bond acceptors (Lipinski definition) is 4. The van der Waals surface area contributed by atoms with Gasteiger partial charge in [-0.25, -0.2) is 13.1 Å². The zero-order chi connectivity index (χ0) is 19.5. The monoisotopic (exact) mass is 421 g/mol. The summed E-state index contributed by atoms with van der Waals surface area (Å²) >= 11 is 12.0. The molecular formula is C17H25Cl2N3O3S. The molecule has 1 aliphatic carbocycles. The smallest absolute Gasteiger partial charge is 0.241 e. The maximum Gasteiger partial charge on any atom is 0.241 e. The van der Waals surface area contributed by atoms with Crippen LogP contribution in [-0.4, -0.2) is 25.1 Å². The van der Waals surface area contributed by atoms with Crippen molar-refractivity contribution in [3.05, 3.63) is 28.2 Å². The van der Waals surface area contributed by atoms with Gasteiger partial charge >= 0.3 is 0 Å². The molecular weight excluding hydrogens is 397 g/mol. The molecule has 3 N–H and O–H groups in total. The van der Waals surface area contributed by atoms with E-state index in [4.69, 9.17) is 23.2 Å². The molecule has 0 heterocycles. The minimum Gasteiger partial charge on any atom is -0.297 e. The van der Waals surface area contributed by atoms with Crippen LogP contribution in [0.4, 0.5) is 5.69 Å². The van der Waals surface area contributed by atoms with Crippen LogP contribution in [0.2, 0.25) is 10.0 Å². The normalized spacial score (nSPS) is 21.3. The number of carbonyl (C=O) groups excluding carboxylic acids is 1. The Morgan fingerprint density at radius 2 is 1.73 bits per heavy atom. The number of anilines is 1. The van der Waals surface area contributed by atoms with E-state index in [0.29, 0.717) is 41.4 Å². The second kappa shape index (κ2) is 8.33. The molecule has 1 fully saturated rings. The van der Waals surface area contributed by atoms with Crippen molar-refractivity contribution in [3.63, 3.8) is 0 Å². The Morgan fingerprint density at radius 3 is 2.31 bits per heavy atom. The highest BCUT2D eigenvalue weighted by Gasteiger charge is 2.34. The Labute approximate surface area is 165 Å². The molecule has 0 unspecified atom stereocenters. The first-order chi connectivity index (χ1) is 12.0. The third-order valence-electron chi connectivity index (χ3n) is 4.47. The molecule has 1 aromatic rings. The number of hydrazine groups is 1. The first-order valence-electron chi connectivity index (χ1n) is 8.52. The quantitative estimate of drug-likeness (QED) is 0.632. The lowest BCUT2D eigenvalue weighted by Gasteiger charge is -2.30. The van der Waals surface area contributed by atoms with Crippen LogP contribution >= 0.6 is 23.2 Å². The van der Waals surface area contributed by atoms with Crippen LogP contribution in [0, 0.1) is 5.92 Å². The fraction of sp³-hybridized carbons (Fsp3) is 0.588. The van der Waals surface area contributed by atoms with Gasteiger partial charge in [0.1, 0.15) is 0 Å². The molecule has 0 bridgehead atoms. The predicted octanol–water partition coefficient (Wildman–Crippen LogP) is 3.71. The van der Waals surface area contributed by atoms with E-state index in [-0.39, 0.29) is 17.9 Å². The first kappa shape index (κ1) is 21.3. The molecule has 0 radical (unpaired) electrons. The van der Waals surface area contributed by atoms with Crippen LogP contribution in [0.5, 0.6) is 0 Å². The molecule has 0 atom stereocenters. The molecule has 146 valence electrons. The van der Waals surface area contributed by atoms with Gasteiger partial charge < -0.3 is 0 Å². The second-order valence-electron chi connectivity index (χ2n) is 7.52. The summed E-state index contributed by atoms with van der Waals surface area (Å²) in [7, 11) is -3.38. The third kappa shape index (κ3) is 5.49. The summed E-state index contributed by atoms with van der Waals surface area (Å²) in [6.07, 6.45) is 2.50. The number of carbonyl (C=O) groups is 1. The number of benzene rings is 1. The molecule has 6 nitrogen and oxygen atoms in total. The lowest BCUT2D eigenvalue weighted by molar-refractivity contribution is -0.125. The summed E-state index contributed by atoms with van der Waals surface area (Å²) in [4.78, 5) is 12.3. The van der Waals surface area contributed by atoms with E-state index in [1.165, 1.54) is 0 Å². The van der Waals surface area contributed by atoms with Crippen LogP contribution < -0.4 is 15.6 Å². The lowest BCUT2D eigenvalue weighted by Crippen LogP contribution is -2.47. The van der Waals surface area contributed by atoms with E-state index in [2.05, 4.69) is 15.6 Å². The first-order valence-corrected chi connectivity index (χ1v) is 10.8. The molecule has 1 aromatic carbocycles. The Bertz CT molecular complexity index is 755. The van der Waals surface area contributed by atoms with Crippen molar-refractivity contribution in [3.8, 4) is 0 Å². The average Bonchev–Trinajstić information content (AvgIpc) is 2.54. The molecule has 2 rings (SSSR count). The lowest BCUT2D eigenvalue weighted by atomic mass is 9.86. The van der Waals surface area contributed by atoms with Crippen molar-refractivity contribution < 1.29 is 13.2 Å².